The summed E-state index contributed by atoms with van der Waals surface area (Å²) in [5, 5.41) is 18.3. The van der Waals surface area contributed by atoms with E-state index in [-0.39, 0.29) is 11.8 Å². The van der Waals surface area contributed by atoms with Crippen LogP contribution in [0.3, 0.4) is 0 Å². The third-order valence-electron chi connectivity index (χ3n) is 8.95. The molecule has 1 aliphatic carbocycles. The summed E-state index contributed by atoms with van der Waals surface area (Å²) in [6.45, 7) is 3.65. The lowest BCUT2D eigenvalue weighted by Gasteiger charge is -2.40. The highest BCUT2D eigenvalue weighted by atomic mass is 35.5. The molecule has 1 amide bonds. The first kappa shape index (κ1) is 30.8. The van der Waals surface area contributed by atoms with E-state index in [0.29, 0.717) is 60.1 Å². The second-order valence-electron chi connectivity index (χ2n) is 11.8. The maximum absolute atomic E-state index is 12.6. The molecule has 6 rings (SSSR count). The lowest BCUT2D eigenvalue weighted by atomic mass is 9.78. The number of aromatic nitrogens is 4. The summed E-state index contributed by atoms with van der Waals surface area (Å²) in [7, 11) is 0. The number of aromatic amines is 1. The zero-order chi connectivity index (χ0) is 31.6. The Morgan fingerprint density at radius 1 is 1.11 bits per heavy atom. The third-order valence-corrected chi connectivity index (χ3v) is 9.26. The summed E-state index contributed by atoms with van der Waals surface area (Å²) in [6.07, 6.45) is 6.74. The van der Waals surface area contributed by atoms with E-state index in [0.717, 1.165) is 45.3 Å². The third kappa shape index (κ3) is 6.58. The first-order chi connectivity index (χ1) is 21.7. The van der Waals surface area contributed by atoms with E-state index in [1.807, 2.05) is 6.07 Å². The zero-order valence-corrected chi connectivity index (χ0v) is 25.5. The smallest absolute Gasteiger partial charge is 0.330 e. The molecule has 4 heterocycles. The number of nitriles is 1. The quantitative estimate of drug-likeness (QED) is 0.375. The van der Waals surface area contributed by atoms with E-state index in [1.165, 1.54) is 16.8 Å². The number of hydrogen-bond acceptors (Lipinski definition) is 10. The molecule has 3 aromatic rings. The van der Waals surface area contributed by atoms with Gasteiger partial charge < -0.3 is 20.1 Å². The van der Waals surface area contributed by atoms with Crippen LogP contribution >= 0.6 is 11.6 Å². The van der Waals surface area contributed by atoms with Crippen LogP contribution < -0.4 is 26.6 Å². The summed E-state index contributed by atoms with van der Waals surface area (Å²) < 4.78 is 14.2. The summed E-state index contributed by atoms with van der Waals surface area (Å²) >= 11 is 6.32. The number of primary amides is 1. The Hall–Kier alpha value is -4.25. The zero-order valence-electron chi connectivity index (χ0n) is 24.8. The minimum atomic E-state index is -0.850. The number of H-pyrrole nitrogens is 1. The Morgan fingerprint density at radius 3 is 2.58 bits per heavy atom. The second kappa shape index (κ2) is 13.0. The van der Waals surface area contributed by atoms with Gasteiger partial charge in [-0.2, -0.15) is 5.26 Å². The predicted octanol–water partition coefficient (Wildman–Crippen LogP) is 2.69. The fourth-order valence-corrected chi connectivity index (χ4v) is 6.83. The number of rotatable bonds is 8. The number of benzene rings is 1. The summed E-state index contributed by atoms with van der Waals surface area (Å²) in [4.78, 5) is 42.9. The van der Waals surface area contributed by atoms with Crippen LogP contribution in [0.1, 0.15) is 72.8 Å². The van der Waals surface area contributed by atoms with Crippen LogP contribution in [-0.2, 0) is 10.3 Å². The fraction of sp³-hybridized carbons (Fsp3) is 0.484. The number of amides is 1. The number of ether oxygens (including phenoxy) is 2. The minimum Gasteiger partial charge on any atom is -0.482 e. The van der Waals surface area contributed by atoms with Gasteiger partial charge in [0.2, 0.25) is 0 Å². The molecule has 1 aromatic carbocycles. The van der Waals surface area contributed by atoms with Gasteiger partial charge in [-0.05, 0) is 56.7 Å². The van der Waals surface area contributed by atoms with Crippen LogP contribution in [-0.4, -0.2) is 69.4 Å². The SMILES string of the molecule is N#Cc1ccc(OC2(c3cc(N4CCN(C[C@@H]5CC[C@H](n6ccc(=O)[nH]c6=O)O5)CC4)nnc3C(N)=O)CCCCC2)cc1Cl. The molecule has 14 heteroatoms. The van der Waals surface area contributed by atoms with Gasteiger partial charge >= 0.3 is 5.69 Å². The van der Waals surface area contributed by atoms with Crippen molar-refractivity contribution in [3.63, 3.8) is 0 Å². The van der Waals surface area contributed by atoms with Gasteiger partial charge in [0.05, 0.1) is 16.7 Å². The first-order valence-corrected chi connectivity index (χ1v) is 15.6. The Labute approximate surface area is 264 Å². The highest BCUT2D eigenvalue weighted by molar-refractivity contribution is 6.31. The highest BCUT2D eigenvalue weighted by Crippen LogP contribution is 2.43. The van der Waals surface area contributed by atoms with Crippen molar-refractivity contribution in [2.45, 2.75) is 62.9 Å². The van der Waals surface area contributed by atoms with Crippen molar-refractivity contribution in [1.29, 1.82) is 5.26 Å². The molecule has 1 saturated carbocycles. The van der Waals surface area contributed by atoms with Crippen LogP contribution in [0.5, 0.6) is 5.75 Å². The summed E-state index contributed by atoms with van der Waals surface area (Å²) in [5.41, 5.74) is 5.12. The summed E-state index contributed by atoms with van der Waals surface area (Å²) in [5.74, 6) is 0.486. The lowest BCUT2D eigenvalue weighted by molar-refractivity contribution is -0.0164. The lowest BCUT2D eigenvalue weighted by Crippen LogP contribution is -2.49. The van der Waals surface area contributed by atoms with Gasteiger partial charge in [-0.1, -0.05) is 18.0 Å². The Balaban J connectivity index is 1.16. The molecule has 3 aliphatic rings. The molecule has 45 heavy (non-hydrogen) atoms. The molecular weight excluding hydrogens is 600 g/mol. The number of halogens is 1. The van der Waals surface area contributed by atoms with E-state index >= 15 is 0 Å². The van der Waals surface area contributed by atoms with Gasteiger partial charge in [-0.25, -0.2) is 4.79 Å². The van der Waals surface area contributed by atoms with E-state index in [4.69, 9.17) is 26.8 Å². The van der Waals surface area contributed by atoms with Gasteiger partial charge in [0, 0.05) is 56.6 Å². The Morgan fingerprint density at radius 2 is 1.89 bits per heavy atom. The van der Waals surface area contributed by atoms with Gasteiger partial charge in [0.1, 0.15) is 23.6 Å². The van der Waals surface area contributed by atoms with Crippen LogP contribution in [0.15, 0.2) is 46.1 Å². The van der Waals surface area contributed by atoms with E-state index < -0.39 is 29.0 Å². The normalized spacial score (nSPS) is 21.7. The number of nitrogens with zero attached hydrogens (tertiary/aromatic N) is 6. The molecule has 2 atom stereocenters. The van der Waals surface area contributed by atoms with Crippen LogP contribution in [0.2, 0.25) is 5.02 Å². The fourth-order valence-electron chi connectivity index (χ4n) is 6.62. The van der Waals surface area contributed by atoms with E-state index in [1.54, 1.807) is 18.2 Å². The highest BCUT2D eigenvalue weighted by Gasteiger charge is 2.41. The Bertz CT molecular complexity index is 1720. The molecule has 2 saturated heterocycles. The van der Waals surface area contributed by atoms with Crippen molar-refractivity contribution in [3.8, 4) is 11.8 Å². The average Bonchev–Trinajstić information content (AvgIpc) is 3.49. The molecule has 3 N–H and O–H groups in total. The van der Waals surface area contributed by atoms with Crippen molar-refractivity contribution in [3.05, 3.63) is 79.2 Å². The molecule has 236 valence electrons. The molecule has 2 aliphatic heterocycles. The number of hydrogen-bond donors (Lipinski definition) is 2. The second-order valence-corrected chi connectivity index (χ2v) is 12.2. The van der Waals surface area contributed by atoms with Crippen LogP contribution in [0, 0.1) is 11.3 Å². The van der Waals surface area contributed by atoms with Gasteiger partial charge in [-0.15, -0.1) is 10.2 Å². The number of carbonyl (C=O) groups excluding carboxylic acids is 1. The van der Waals surface area contributed by atoms with Crippen molar-refractivity contribution in [2.24, 2.45) is 5.73 Å². The standard InChI is InChI=1S/C31H35ClN8O5/c32-24-16-21(5-4-20(24)18-33)45-31(9-2-1-3-10-31)23-17-25(36-37-28(23)29(34)42)39-14-12-38(13-15-39)19-22-6-7-27(44-22)40-11-8-26(41)35-30(40)43/h4-5,8,11,16-17,22,27H,1-3,6-7,9-10,12-15,19H2,(H2,34,42)(H,35,41,43)/t22-,27+/m0/s1. The van der Waals surface area contributed by atoms with E-state index in [2.05, 4.69) is 31.1 Å². The number of piperazine rings is 1. The number of nitrogens with one attached hydrogen (secondary N) is 1. The van der Waals surface area contributed by atoms with E-state index in [9.17, 15) is 19.6 Å². The maximum atomic E-state index is 12.6. The molecule has 13 nitrogen and oxygen atoms in total. The van der Waals surface area contributed by atoms with Crippen molar-refractivity contribution < 1.29 is 14.3 Å². The largest absolute Gasteiger partial charge is 0.482 e. The van der Waals surface area contributed by atoms with Crippen LogP contribution in [0.25, 0.3) is 0 Å². The predicted molar refractivity (Wildman–Crippen MR) is 165 cm³/mol. The van der Waals surface area contributed by atoms with Crippen molar-refractivity contribution in [1.82, 2.24) is 24.6 Å². The number of anilines is 1. The molecule has 2 aromatic heterocycles. The molecule has 0 radical (unpaired) electrons. The molecule has 3 fully saturated rings. The van der Waals surface area contributed by atoms with Gasteiger partial charge in [0.25, 0.3) is 11.5 Å². The number of carbonyl (C=O) groups is 1. The van der Waals surface area contributed by atoms with Gasteiger partial charge in [-0.3, -0.25) is 24.0 Å². The minimum absolute atomic E-state index is 0.0272. The van der Waals surface area contributed by atoms with Crippen molar-refractivity contribution in [2.75, 3.05) is 37.6 Å². The average molecular weight is 635 g/mol. The number of nitrogens with two attached hydrogens (primary N) is 1. The first-order valence-electron chi connectivity index (χ1n) is 15.3. The molecule has 0 bridgehead atoms. The monoisotopic (exact) mass is 634 g/mol. The maximum Gasteiger partial charge on any atom is 0.330 e. The molecule has 0 spiro atoms. The van der Waals surface area contributed by atoms with Crippen molar-refractivity contribution >= 4 is 23.3 Å². The Kier molecular flexibility index (Phi) is 8.89. The summed E-state index contributed by atoms with van der Waals surface area (Å²) in [6, 6.07) is 10.3. The topological polar surface area (TPSA) is 172 Å². The molecular formula is C31H35ClN8O5. The van der Waals surface area contributed by atoms with Crippen LogP contribution in [0.4, 0.5) is 5.82 Å². The molecule has 0 unspecified atom stereocenters. The van der Waals surface area contributed by atoms with Gasteiger partial charge in [0.15, 0.2) is 11.5 Å².